The molecule has 2 N–H and O–H groups in total. The molecule has 102 valence electrons. The summed E-state index contributed by atoms with van der Waals surface area (Å²) in [7, 11) is 2.12. The van der Waals surface area contributed by atoms with Crippen molar-refractivity contribution in [2.45, 2.75) is 38.3 Å². The second kappa shape index (κ2) is 6.70. The molecule has 1 aromatic rings. The summed E-state index contributed by atoms with van der Waals surface area (Å²) in [6.07, 6.45) is 5.13. The first kappa shape index (κ1) is 14.0. The van der Waals surface area contributed by atoms with Crippen molar-refractivity contribution < 1.29 is 4.39 Å². The molecule has 0 atom stereocenters. The average molecular weight is 260 g/mol. The second-order valence-electron chi connectivity index (χ2n) is 5.21. The average Bonchev–Trinajstić information content (AvgIpc) is 2.89. The minimum atomic E-state index is -0.223. The van der Waals surface area contributed by atoms with E-state index >= 15 is 0 Å². The zero-order valence-corrected chi connectivity index (χ0v) is 11.5. The highest BCUT2D eigenvalue weighted by atomic mass is 19.1. The van der Waals surface area contributed by atoms with Crippen LogP contribution in [-0.4, -0.2) is 24.5 Å². The molecule has 1 fully saturated rings. The van der Waals surface area contributed by atoms with Crippen LogP contribution in [0, 0.1) is 17.7 Å². The first-order chi connectivity index (χ1) is 9.19. The van der Waals surface area contributed by atoms with E-state index < -0.39 is 0 Å². The second-order valence-corrected chi connectivity index (χ2v) is 5.21. The van der Waals surface area contributed by atoms with E-state index in [4.69, 9.17) is 5.73 Å². The molecule has 0 aromatic heterocycles. The van der Waals surface area contributed by atoms with Gasteiger partial charge < -0.3 is 5.73 Å². The number of nitrogens with zero attached hydrogens (tertiary/aromatic N) is 1. The standard InChI is InChI=1S/C16H21FN2/c1-19(16-6-2-3-7-16)12-14-9-13(5-4-8-18)10-15(17)11-14/h9-11,16H,2-3,6-8,12,18H2,1H3. The van der Waals surface area contributed by atoms with Crippen molar-refractivity contribution in [3.05, 3.63) is 35.1 Å². The van der Waals surface area contributed by atoms with Crippen molar-refractivity contribution in [2.75, 3.05) is 13.6 Å². The monoisotopic (exact) mass is 260 g/mol. The van der Waals surface area contributed by atoms with Gasteiger partial charge in [0.15, 0.2) is 0 Å². The smallest absolute Gasteiger partial charge is 0.124 e. The van der Waals surface area contributed by atoms with E-state index in [2.05, 4.69) is 23.8 Å². The van der Waals surface area contributed by atoms with E-state index in [1.54, 1.807) is 6.07 Å². The predicted molar refractivity (Wildman–Crippen MR) is 76.1 cm³/mol. The number of nitrogens with two attached hydrogens (primary N) is 1. The van der Waals surface area contributed by atoms with Gasteiger partial charge >= 0.3 is 0 Å². The van der Waals surface area contributed by atoms with Crippen LogP contribution in [0.2, 0.25) is 0 Å². The maximum Gasteiger partial charge on any atom is 0.124 e. The maximum absolute atomic E-state index is 13.6. The molecule has 2 nitrogen and oxygen atoms in total. The fourth-order valence-corrected chi connectivity index (χ4v) is 2.73. The molecule has 1 aromatic carbocycles. The fourth-order valence-electron chi connectivity index (χ4n) is 2.73. The minimum Gasteiger partial charge on any atom is -0.320 e. The van der Waals surface area contributed by atoms with Crippen LogP contribution in [0.5, 0.6) is 0 Å². The Balaban J connectivity index is 2.08. The Morgan fingerprint density at radius 2 is 2.05 bits per heavy atom. The van der Waals surface area contributed by atoms with E-state index in [9.17, 15) is 4.39 Å². The van der Waals surface area contributed by atoms with E-state index in [1.165, 1.54) is 31.7 Å². The largest absolute Gasteiger partial charge is 0.320 e. The summed E-state index contributed by atoms with van der Waals surface area (Å²) in [4.78, 5) is 2.32. The minimum absolute atomic E-state index is 0.223. The van der Waals surface area contributed by atoms with Crippen molar-refractivity contribution in [1.82, 2.24) is 4.90 Å². The number of hydrogen-bond acceptors (Lipinski definition) is 2. The highest BCUT2D eigenvalue weighted by molar-refractivity contribution is 5.38. The summed E-state index contributed by atoms with van der Waals surface area (Å²) >= 11 is 0. The van der Waals surface area contributed by atoms with Gasteiger partial charge in [0.2, 0.25) is 0 Å². The highest BCUT2D eigenvalue weighted by Gasteiger charge is 2.19. The molecule has 0 aliphatic heterocycles. The van der Waals surface area contributed by atoms with Crippen molar-refractivity contribution in [3.63, 3.8) is 0 Å². The Hall–Kier alpha value is -1.37. The molecule has 0 radical (unpaired) electrons. The van der Waals surface area contributed by atoms with Crippen LogP contribution in [0.1, 0.15) is 36.8 Å². The van der Waals surface area contributed by atoms with Gasteiger partial charge in [0.25, 0.3) is 0 Å². The molecular formula is C16H21FN2. The summed E-state index contributed by atoms with van der Waals surface area (Å²) in [6, 6.07) is 5.65. The Morgan fingerprint density at radius 3 is 2.74 bits per heavy atom. The predicted octanol–water partition coefficient (Wildman–Crippen LogP) is 2.51. The first-order valence-corrected chi connectivity index (χ1v) is 6.87. The molecule has 0 spiro atoms. The number of benzene rings is 1. The molecule has 2 rings (SSSR count). The van der Waals surface area contributed by atoms with Crippen molar-refractivity contribution >= 4 is 0 Å². The third-order valence-electron chi connectivity index (χ3n) is 3.67. The van der Waals surface area contributed by atoms with Gasteiger partial charge in [-0.15, -0.1) is 0 Å². The van der Waals surface area contributed by atoms with Crippen LogP contribution in [0.4, 0.5) is 4.39 Å². The van der Waals surface area contributed by atoms with Gasteiger partial charge in [0, 0.05) is 18.2 Å². The Labute approximate surface area is 114 Å². The molecule has 1 saturated carbocycles. The third kappa shape index (κ3) is 4.05. The normalized spacial score (nSPS) is 15.6. The summed E-state index contributed by atoms with van der Waals surface area (Å²) in [6.45, 7) is 1.08. The van der Waals surface area contributed by atoms with Crippen molar-refractivity contribution in [2.24, 2.45) is 5.73 Å². The summed E-state index contributed by atoms with van der Waals surface area (Å²) < 4.78 is 13.6. The van der Waals surface area contributed by atoms with Gasteiger partial charge in [0.1, 0.15) is 5.82 Å². The van der Waals surface area contributed by atoms with Crippen LogP contribution >= 0.6 is 0 Å². The van der Waals surface area contributed by atoms with Gasteiger partial charge in [-0.1, -0.05) is 24.7 Å². The fraction of sp³-hybridized carbons (Fsp3) is 0.500. The molecule has 0 bridgehead atoms. The van der Waals surface area contributed by atoms with Gasteiger partial charge in [-0.2, -0.15) is 0 Å². The lowest BCUT2D eigenvalue weighted by Crippen LogP contribution is -2.28. The number of hydrogen-bond donors (Lipinski definition) is 1. The summed E-state index contributed by atoms with van der Waals surface area (Å²) in [5.74, 6) is 5.44. The molecule has 0 unspecified atom stereocenters. The molecule has 0 heterocycles. The maximum atomic E-state index is 13.6. The molecule has 19 heavy (non-hydrogen) atoms. The lowest BCUT2D eigenvalue weighted by Gasteiger charge is -2.24. The summed E-state index contributed by atoms with van der Waals surface area (Å²) in [5, 5.41) is 0. The lowest BCUT2D eigenvalue weighted by atomic mass is 10.1. The molecular weight excluding hydrogens is 239 g/mol. The Kier molecular flexibility index (Phi) is 4.95. The Morgan fingerprint density at radius 1 is 1.32 bits per heavy atom. The van der Waals surface area contributed by atoms with Crippen LogP contribution < -0.4 is 5.73 Å². The van der Waals surface area contributed by atoms with E-state index in [-0.39, 0.29) is 5.82 Å². The van der Waals surface area contributed by atoms with E-state index in [0.717, 1.165) is 12.1 Å². The van der Waals surface area contributed by atoms with Crippen molar-refractivity contribution in [1.29, 1.82) is 0 Å². The van der Waals surface area contributed by atoms with Crippen LogP contribution in [-0.2, 0) is 6.54 Å². The van der Waals surface area contributed by atoms with Gasteiger partial charge in [-0.25, -0.2) is 4.39 Å². The van der Waals surface area contributed by atoms with Gasteiger partial charge in [0.05, 0.1) is 6.54 Å². The molecule has 0 saturated heterocycles. The quantitative estimate of drug-likeness (QED) is 0.846. The lowest BCUT2D eigenvalue weighted by molar-refractivity contribution is 0.237. The molecule has 1 aliphatic rings. The van der Waals surface area contributed by atoms with Gasteiger partial charge in [-0.3, -0.25) is 4.90 Å². The number of halogens is 1. The topological polar surface area (TPSA) is 29.3 Å². The molecule has 1 aliphatic carbocycles. The van der Waals surface area contributed by atoms with E-state index in [0.29, 0.717) is 18.2 Å². The third-order valence-corrected chi connectivity index (χ3v) is 3.67. The number of rotatable bonds is 3. The molecule has 0 amide bonds. The SMILES string of the molecule is CN(Cc1cc(F)cc(C#CCN)c1)C1CCCC1. The van der Waals surface area contributed by atoms with Crippen LogP contribution in [0.3, 0.4) is 0 Å². The van der Waals surface area contributed by atoms with E-state index in [1.807, 2.05) is 6.07 Å². The first-order valence-electron chi connectivity index (χ1n) is 6.87. The summed E-state index contributed by atoms with van der Waals surface area (Å²) in [5.41, 5.74) is 7.03. The Bertz CT molecular complexity index is 481. The zero-order chi connectivity index (χ0) is 13.7. The van der Waals surface area contributed by atoms with Crippen LogP contribution in [0.15, 0.2) is 18.2 Å². The van der Waals surface area contributed by atoms with Crippen molar-refractivity contribution in [3.8, 4) is 11.8 Å². The van der Waals surface area contributed by atoms with Gasteiger partial charge in [-0.05, 0) is 43.7 Å². The highest BCUT2D eigenvalue weighted by Crippen LogP contribution is 2.24. The molecule has 3 heteroatoms. The van der Waals surface area contributed by atoms with Crippen LogP contribution in [0.25, 0.3) is 0 Å². The zero-order valence-electron chi connectivity index (χ0n) is 11.5.